The van der Waals surface area contributed by atoms with Gasteiger partial charge in [-0.15, -0.1) is 0 Å². The Hall–Kier alpha value is -1.87. The smallest absolute Gasteiger partial charge is 0.138 e. The van der Waals surface area contributed by atoms with Crippen LogP contribution in [0.25, 0.3) is 0 Å². The van der Waals surface area contributed by atoms with E-state index in [-0.39, 0.29) is 0 Å². The van der Waals surface area contributed by atoms with Gasteiger partial charge in [-0.05, 0) is 51.0 Å². The zero-order chi connectivity index (χ0) is 14.7. The predicted octanol–water partition coefficient (Wildman–Crippen LogP) is 3.62. The first-order chi connectivity index (χ1) is 9.58. The monoisotopic (exact) mass is 269 g/mol. The molecule has 0 aliphatic heterocycles. The third-order valence-corrected chi connectivity index (χ3v) is 3.64. The minimum atomic E-state index is 0.511. The lowest BCUT2D eigenvalue weighted by Crippen LogP contribution is -2.22. The highest BCUT2D eigenvalue weighted by molar-refractivity contribution is 5.67. The third-order valence-electron chi connectivity index (χ3n) is 3.64. The summed E-state index contributed by atoms with van der Waals surface area (Å²) in [5, 5.41) is 0. The molecule has 0 radical (unpaired) electrons. The van der Waals surface area contributed by atoms with Crippen molar-refractivity contribution in [2.45, 2.75) is 34.2 Å². The second-order valence-corrected chi connectivity index (χ2v) is 5.12. The Labute approximate surface area is 121 Å². The number of nitrogens with two attached hydrogens (primary N) is 1. The molecule has 0 aliphatic carbocycles. The van der Waals surface area contributed by atoms with Crippen LogP contribution in [-0.2, 0) is 6.54 Å². The van der Waals surface area contributed by atoms with Crippen molar-refractivity contribution < 1.29 is 0 Å². The predicted molar refractivity (Wildman–Crippen MR) is 85.5 cm³/mol. The maximum absolute atomic E-state index is 5.94. The zero-order valence-corrected chi connectivity index (χ0v) is 12.8. The van der Waals surface area contributed by atoms with E-state index in [1.54, 1.807) is 0 Å². The van der Waals surface area contributed by atoms with Crippen molar-refractivity contribution in [1.29, 1.82) is 0 Å². The van der Waals surface area contributed by atoms with E-state index < -0.39 is 0 Å². The second kappa shape index (κ2) is 6.06. The van der Waals surface area contributed by atoms with Gasteiger partial charge < -0.3 is 10.6 Å². The van der Waals surface area contributed by atoms with E-state index in [9.17, 15) is 0 Å². The molecule has 3 nitrogen and oxygen atoms in total. The van der Waals surface area contributed by atoms with Crippen LogP contribution in [0.4, 0.5) is 11.5 Å². The maximum atomic E-state index is 5.94. The Balaban J connectivity index is 2.61. The minimum Gasteiger partial charge on any atom is -0.326 e. The first-order valence-corrected chi connectivity index (χ1v) is 7.08. The van der Waals surface area contributed by atoms with Crippen molar-refractivity contribution in [1.82, 2.24) is 4.98 Å². The Kier molecular flexibility index (Phi) is 4.40. The number of aryl methyl sites for hydroxylation is 3. The van der Waals surface area contributed by atoms with Crippen LogP contribution in [0.5, 0.6) is 0 Å². The van der Waals surface area contributed by atoms with Gasteiger partial charge in [0.2, 0.25) is 0 Å². The average Bonchev–Trinajstić information content (AvgIpc) is 2.41. The summed E-state index contributed by atoms with van der Waals surface area (Å²) < 4.78 is 0. The molecule has 0 saturated carbocycles. The molecular formula is C17H23N3. The van der Waals surface area contributed by atoms with Crippen LogP contribution >= 0.6 is 0 Å². The highest BCUT2D eigenvalue weighted by Gasteiger charge is 2.16. The van der Waals surface area contributed by atoms with Crippen molar-refractivity contribution in [2.75, 3.05) is 11.4 Å². The van der Waals surface area contributed by atoms with Crippen LogP contribution in [0.2, 0.25) is 0 Å². The molecule has 0 fully saturated rings. The molecule has 1 aromatic carbocycles. The third kappa shape index (κ3) is 2.68. The molecule has 20 heavy (non-hydrogen) atoms. The van der Waals surface area contributed by atoms with Gasteiger partial charge in [0.05, 0.1) is 0 Å². The summed E-state index contributed by atoms with van der Waals surface area (Å²) in [4.78, 5) is 6.99. The molecule has 0 amide bonds. The Morgan fingerprint density at radius 3 is 2.40 bits per heavy atom. The first-order valence-electron chi connectivity index (χ1n) is 7.08. The van der Waals surface area contributed by atoms with E-state index in [1.165, 1.54) is 16.8 Å². The lowest BCUT2D eigenvalue weighted by atomic mass is 10.1. The van der Waals surface area contributed by atoms with E-state index in [0.717, 1.165) is 23.6 Å². The van der Waals surface area contributed by atoms with E-state index in [1.807, 2.05) is 6.92 Å². The lowest BCUT2D eigenvalue weighted by molar-refractivity contribution is 0.925. The molecule has 2 rings (SSSR count). The molecule has 1 heterocycles. The fraction of sp³-hybridized carbons (Fsp3) is 0.353. The summed E-state index contributed by atoms with van der Waals surface area (Å²) >= 11 is 0. The number of nitrogens with zero attached hydrogens (tertiary/aromatic N) is 2. The van der Waals surface area contributed by atoms with E-state index in [2.05, 4.69) is 56.0 Å². The molecule has 0 unspecified atom stereocenters. The van der Waals surface area contributed by atoms with Gasteiger partial charge >= 0.3 is 0 Å². The summed E-state index contributed by atoms with van der Waals surface area (Å²) in [6.45, 7) is 9.79. The topological polar surface area (TPSA) is 42.2 Å². The van der Waals surface area contributed by atoms with Crippen molar-refractivity contribution in [2.24, 2.45) is 5.73 Å². The Morgan fingerprint density at radius 2 is 1.80 bits per heavy atom. The largest absolute Gasteiger partial charge is 0.326 e. The maximum Gasteiger partial charge on any atom is 0.138 e. The molecule has 106 valence electrons. The van der Waals surface area contributed by atoms with Gasteiger partial charge in [-0.2, -0.15) is 0 Å². The quantitative estimate of drug-likeness (QED) is 0.921. The highest BCUT2D eigenvalue weighted by Crippen LogP contribution is 2.30. The summed E-state index contributed by atoms with van der Waals surface area (Å²) in [6, 6.07) is 10.5. The van der Waals surface area contributed by atoms with Gasteiger partial charge in [0.1, 0.15) is 5.82 Å². The molecule has 0 spiro atoms. The molecule has 2 aromatic rings. The van der Waals surface area contributed by atoms with Crippen LogP contribution in [-0.4, -0.2) is 11.5 Å². The Bertz CT molecular complexity index is 605. The minimum absolute atomic E-state index is 0.511. The van der Waals surface area contributed by atoms with E-state index in [0.29, 0.717) is 6.54 Å². The molecule has 1 aromatic heterocycles. The summed E-state index contributed by atoms with van der Waals surface area (Å²) in [7, 11) is 0. The molecular weight excluding hydrogens is 246 g/mol. The van der Waals surface area contributed by atoms with Crippen LogP contribution in [0.15, 0.2) is 30.3 Å². The molecule has 0 bridgehead atoms. The number of pyridine rings is 1. The number of hydrogen-bond donors (Lipinski definition) is 1. The Morgan fingerprint density at radius 1 is 1.10 bits per heavy atom. The van der Waals surface area contributed by atoms with Gasteiger partial charge in [0.15, 0.2) is 0 Å². The molecule has 3 heteroatoms. The van der Waals surface area contributed by atoms with Crippen LogP contribution < -0.4 is 10.6 Å². The van der Waals surface area contributed by atoms with Gasteiger partial charge in [-0.3, -0.25) is 0 Å². The van der Waals surface area contributed by atoms with Gasteiger partial charge in [0, 0.05) is 30.0 Å². The van der Waals surface area contributed by atoms with Gasteiger partial charge in [-0.1, -0.05) is 18.2 Å². The zero-order valence-electron chi connectivity index (χ0n) is 12.8. The van der Waals surface area contributed by atoms with Gasteiger partial charge in [-0.25, -0.2) is 4.98 Å². The summed E-state index contributed by atoms with van der Waals surface area (Å²) in [6.07, 6.45) is 0. The normalized spacial score (nSPS) is 10.7. The average molecular weight is 269 g/mol. The van der Waals surface area contributed by atoms with Gasteiger partial charge in [0.25, 0.3) is 0 Å². The number of anilines is 2. The van der Waals surface area contributed by atoms with Crippen LogP contribution in [0, 0.1) is 20.8 Å². The number of rotatable bonds is 4. The van der Waals surface area contributed by atoms with Crippen molar-refractivity contribution in [3.05, 3.63) is 52.7 Å². The second-order valence-electron chi connectivity index (χ2n) is 5.12. The van der Waals surface area contributed by atoms with Crippen molar-refractivity contribution in [3.63, 3.8) is 0 Å². The molecule has 0 atom stereocenters. The number of hydrogen-bond acceptors (Lipinski definition) is 3. The number of aromatic nitrogens is 1. The number of benzene rings is 1. The highest BCUT2D eigenvalue weighted by atomic mass is 15.2. The lowest BCUT2D eigenvalue weighted by Gasteiger charge is -2.27. The number of para-hydroxylation sites is 1. The fourth-order valence-electron chi connectivity index (χ4n) is 2.62. The van der Waals surface area contributed by atoms with E-state index >= 15 is 0 Å². The SMILES string of the molecule is CCN(c1ccccc1C)c1nc(C)cc(C)c1CN. The fourth-order valence-corrected chi connectivity index (χ4v) is 2.62. The van der Waals surface area contributed by atoms with E-state index in [4.69, 9.17) is 10.7 Å². The van der Waals surface area contributed by atoms with Crippen molar-refractivity contribution in [3.8, 4) is 0 Å². The van der Waals surface area contributed by atoms with Crippen LogP contribution in [0.1, 0.15) is 29.3 Å². The standard InChI is InChI=1S/C17H23N3/c1-5-20(16-9-7-6-8-12(16)2)17-15(11-18)13(3)10-14(4)19-17/h6-10H,5,11,18H2,1-4H3. The van der Waals surface area contributed by atoms with Crippen molar-refractivity contribution >= 4 is 11.5 Å². The molecule has 0 aliphatic rings. The molecule has 2 N–H and O–H groups in total. The summed E-state index contributed by atoms with van der Waals surface area (Å²) in [5.41, 5.74) is 11.8. The summed E-state index contributed by atoms with van der Waals surface area (Å²) in [5.74, 6) is 0.988. The van der Waals surface area contributed by atoms with Crippen LogP contribution in [0.3, 0.4) is 0 Å². The first kappa shape index (κ1) is 14.5. The molecule has 0 saturated heterocycles.